The molecule has 0 fully saturated rings. The Morgan fingerprint density at radius 2 is 2.60 bits per heavy atom. The van der Waals surface area contributed by atoms with Crippen LogP contribution in [0.1, 0.15) is 12.6 Å². The number of fused-ring (bicyclic) bond motifs is 1. The molecule has 1 N–H and O–H groups in total. The van der Waals surface area contributed by atoms with Gasteiger partial charge in [0.1, 0.15) is 0 Å². The van der Waals surface area contributed by atoms with Crippen LogP contribution in [0.15, 0.2) is 17.8 Å². The van der Waals surface area contributed by atoms with Crippen molar-refractivity contribution in [1.82, 2.24) is 9.38 Å². The molecular formula is C9H10N2O3S. The average molecular weight is 226 g/mol. The lowest BCUT2D eigenvalue weighted by Gasteiger charge is -2.05. The second-order valence-electron chi connectivity index (χ2n) is 3.12. The summed E-state index contributed by atoms with van der Waals surface area (Å²) in [5.74, 6) is -0.962. The summed E-state index contributed by atoms with van der Waals surface area (Å²) < 4.78 is 7.00. The highest BCUT2D eigenvalue weighted by atomic mass is 32.1. The van der Waals surface area contributed by atoms with Crippen molar-refractivity contribution < 1.29 is 14.6 Å². The molecule has 2 heterocycles. The van der Waals surface area contributed by atoms with Gasteiger partial charge in [0.05, 0.1) is 12.3 Å². The lowest BCUT2D eigenvalue weighted by atomic mass is 10.4. The second-order valence-corrected chi connectivity index (χ2v) is 3.99. The lowest BCUT2D eigenvalue weighted by Crippen LogP contribution is -2.19. The van der Waals surface area contributed by atoms with Crippen LogP contribution in [-0.4, -0.2) is 26.6 Å². The molecule has 0 amide bonds. The summed E-state index contributed by atoms with van der Waals surface area (Å²) in [7, 11) is 0. The van der Waals surface area contributed by atoms with Crippen LogP contribution in [0.2, 0.25) is 0 Å². The molecule has 6 heteroatoms. The third kappa shape index (κ3) is 2.16. The maximum Gasteiger partial charge on any atom is 0.332 e. The zero-order chi connectivity index (χ0) is 10.8. The first-order chi connectivity index (χ1) is 7.16. The molecule has 0 spiro atoms. The van der Waals surface area contributed by atoms with E-state index in [0.717, 1.165) is 10.7 Å². The van der Waals surface area contributed by atoms with E-state index in [4.69, 9.17) is 9.84 Å². The van der Waals surface area contributed by atoms with Gasteiger partial charge in [-0.15, -0.1) is 11.3 Å². The van der Waals surface area contributed by atoms with E-state index in [0.29, 0.717) is 0 Å². The maximum absolute atomic E-state index is 10.5. The Hall–Kier alpha value is -1.40. The molecule has 0 aromatic carbocycles. The lowest BCUT2D eigenvalue weighted by molar-refractivity contribution is -0.149. The van der Waals surface area contributed by atoms with Gasteiger partial charge in [0.15, 0.2) is 11.1 Å². The molecule has 2 aromatic heterocycles. The van der Waals surface area contributed by atoms with E-state index in [2.05, 4.69) is 4.98 Å². The molecule has 2 rings (SSSR count). The number of hydrogen-bond donors (Lipinski definition) is 1. The van der Waals surface area contributed by atoms with Gasteiger partial charge in [-0.25, -0.2) is 9.78 Å². The molecule has 0 aliphatic rings. The van der Waals surface area contributed by atoms with E-state index in [9.17, 15) is 4.79 Å². The van der Waals surface area contributed by atoms with Crippen LogP contribution in [0.25, 0.3) is 4.96 Å². The number of carboxylic acids is 1. The minimum Gasteiger partial charge on any atom is -0.479 e. The smallest absolute Gasteiger partial charge is 0.332 e. The molecule has 0 bridgehead atoms. The predicted octanol–water partition coefficient (Wildman–Crippen LogP) is 1.39. The van der Waals surface area contributed by atoms with Crippen LogP contribution < -0.4 is 0 Å². The zero-order valence-corrected chi connectivity index (χ0v) is 8.90. The van der Waals surface area contributed by atoms with Crippen LogP contribution in [0, 0.1) is 0 Å². The van der Waals surface area contributed by atoms with Crippen LogP contribution in [0.3, 0.4) is 0 Å². The Balaban J connectivity index is 2.01. The number of aliphatic carboxylic acids is 1. The van der Waals surface area contributed by atoms with Crippen molar-refractivity contribution in [2.45, 2.75) is 19.6 Å². The Morgan fingerprint density at radius 3 is 3.27 bits per heavy atom. The monoisotopic (exact) mass is 226 g/mol. The van der Waals surface area contributed by atoms with E-state index >= 15 is 0 Å². The zero-order valence-electron chi connectivity index (χ0n) is 8.08. The third-order valence-electron chi connectivity index (χ3n) is 1.97. The normalized spacial score (nSPS) is 13.1. The number of carbonyl (C=O) groups is 1. The number of hydrogen-bond acceptors (Lipinski definition) is 4. The number of nitrogens with zero attached hydrogens (tertiary/aromatic N) is 2. The Morgan fingerprint density at radius 1 is 1.80 bits per heavy atom. The molecule has 80 valence electrons. The summed E-state index contributed by atoms with van der Waals surface area (Å²) in [6.45, 7) is 1.72. The minimum absolute atomic E-state index is 0.224. The second kappa shape index (κ2) is 4.00. The van der Waals surface area contributed by atoms with Crippen molar-refractivity contribution in [3.63, 3.8) is 0 Å². The first-order valence-corrected chi connectivity index (χ1v) is 5.30. The highest BCUT2D eigenvalue weighted by Crippen LogP contribution is 2.12. The molecule has 0 aliphatic heterocycles. The SMILES string of the molecule is C[C@@H](OCc1cn2ccsc2n1)C(=O)O. The molecule has 0 radical (unpaired) electrons. The van der Waals surface area contributed by atoms with Gasteiger partial charge in [-0.05, 0) is 6.92 Å². The fourth-order valence-electron chi connectivity index (χ4n) is 1.13. The largest absolute Gasteiger partial charge is 0.479 e. The van der Waals surface area contributed by atoms with Crippen molar-refractivity contribution in [1.29, 1.82) is 0 Å². The molecule has 0 saturated heterocycles. The van der Waals surface area contributed by atoms with Crippen molar-refractivity contribution in [2.75, 3.05) is 0 Å². The summed E-state index contributed by atoms with van der Waals surface area (Å²) in [5, 5.41) is 10.5. The van der Waals surface area contributed by atoms with Gasteiger partial charge < -0.3 is 9.84 Å². The van der Waals surface area contributed by atoms with Crippen LogP contribution >= 0.6 is 11.3 Å². The quantitative estimate of drug-likeness (QED) is 0.855. The van der Waals surface area contributed by atoms with Gasteiger partial charge in [-0.3, -0.25) is 4.40 Å². The maximum atomic E-state index is 10.5. The van der Waals surface area contributed by atoms with Gasteiger partial charge in [0.25, 0.3) is 0 Å². The fourth-order valence-corrected chi connectivity index (χ4v) is 1.85. The number of ether oxygens (including phenoxy) is 1. The van der Waals surface area contributed by atoms with E-state index in [1.807, 2.05) is 22.2 Å². The Bertz CT molecular complexity index is 448. The molecule has 2 aromatic rings. The summed E-state index contributed by atoms with van der Waals surface area (Å²) in [6, 6.07) is 0. The third-order valence-corrected chi connectivity index (χ3v) is 2.74. The van der Waals surface area contributed by atoms with Gasteiger partial charge in [0.2, 0.25) is 0 Å². The number of imidazole rings is 1. The molecule has 0 unspecified atom stereocenters. The van der Waals surface area contributed by atoms with E-state index in [-0.39, 0.29) is 6.61 Å². The van der Waals surface area contributed by atoms with Crippen LogP contribution in [0.5, 0.6) is 0 Å². The van der Waals surface area contributed by atoms with Gasteiger partial charge in [0, 0.05) is 17.8 Å². The number of aromatic nitrogens is 2. The van der Waals surface area contributed by atoms with E-state index < -0.39 is 12.1 Å². The van der Waals surface area contributed by atoms with E-state index in [1.165, 1.54) is 18.3 Å². The van der Waals surface area contributed by atoms with Gasteiger partial charge >= 0.3 is 5.97 Å². The van der Waals surface area contributed by atoms with Crippen LogP contribution in [0.4, 0.5) is 0 Å². The highest BCUT2D eigenvalue weighted by molar-refractivity contribution is 7.15. The van der Waals surface area contributed by atoms with Crippen molar-refractivity contribution in [3.8, 4) is 0 Å². The first-order valence-electron chi connectivity index (χ1n) is 4.42. The molecule has 15 heavy (non-hydrogen) atoms. The summed E-state index contributed by atoms with van der Waals surface area (Å²) in [5.41, 5.74) is 0.745. The van der Waals surface area contributed by atoms with Gasteiger partial charge in [-0.1, -0.05) is 0 Å². The van der Waals surface area contributed by atoms with Crippen LogP contribution in [-0.2, 0) is 16.1 Å². The summed E-state index contributed by atoms with van der Waals surface area (Å²) in [4.78, 5) is 15.6. The number of rotatable bonds is 4. The fraction of sp³-hybridized carbons (Fsp3) is 0.333. The molecule has 0 aliphatic carbocycles. The topological polar surface area (TPSA) is 63.8 Å². The number of carboxylic acid groups (broad SMARTS) is 1. The Labute approximate surface area is 89.9 Å². The molecular weight excluding hydrogens is 216 g/mol. The summed E-state index contributed by atoms with van der Waals surface area (Å²) >= 11 is 1.53. The Kier molecular flexibility index (Phi) is 2.70. The molecule has 5 nitrogen and oxygen atoms in total. The average Bonchev–Trinajstić information content (AvgIpc) is 2.72. The van der Waals surface area contributed by atoms with Crippen molar-refractivity contribution in [2.24, 2.45) is 0 Å². The minimum atomic E-state index is -0.962. The van der Waals surface area contributed by atoms with Gasteiger partial charge in [-0.2, -0.15) is 0 Å². The summed E-state index contributed by atoms with van der Waals surface area (Å²) in [6.07, 6.45) is 2.93. The molecule has 0 saturated carbocycles. The van der Waals surface area contributed by atoms with Crippen molar-refractivity contribution >= 4 is 22.3 Å². The first kappa shape index (κ1) is 10.1. The van der Waals surface area contributed by atoms with E-state index in [1.54, 1.807) is 0 Å². The standard InChI is InChI=1S/C9H10N2O3S/c1-6(8(12)13)14-5-7-4-11-2-3-15-9(11)10-7/h2-4,6H,5H2,1H3,(H,12,13)/t6-/m1/s1. The highest BCUT2D eigenvalue weighted by Gasteiger charge is 2.12. The number of thiazole rings is 1. The predicted molar refractivity (Wildman–Crippen MR) is 55.0 cm³/mol. The molecule has 1 atom stereocenters. The van der Waals surface area contributed by atoms with Crippen molar-refractivity contribution in [3.05, 3.63) is 23.5 Å².